The van der Waals surface area contributed by atoms with E-state index in [0.29, 0.717) is 0 Å². The zero-order valence-corrected chi connectivity index (χ0v) is 12.4. The van der Waals surface area contributed by atoms with E-state index in [-0.39, 0.29) is 0 Å². The summed E-state index contributed by atoms with van der Waals surface area (Å²) in [7, 11) is 1.87. The summed E-state index contributed by atoms with van der Waals surface area (Å²) in [6.07, 6.45) is 1.82. The van der Waals surface area contributed by atoms with E-state index >= 15 is 0 Å². The van der Waals surface area contributed by atoms with Crippen molar-refractivity contribution in [1.82, 2.24) is 19.7 Å². The van der Waals surface area contributed by atoms with Gasteiger partial charge in [0.15, 0.2) is 0 Å². The number of hydrogen-bond donors (Lipinski definition) is 0. The van der Waals surface area contributed by atoms with Crippen LogP contribution in [0.3, 0.4) is 0 Å². The number of aromatic nitrogens is 3. The molecular weight excluding hydrogens is 260 g/mol. The Bertz CT molecular complexity index is 536. The topological polar surface area (TPSA) is 34.0 Å². The smallest absolute Gasteiger partial charge is 0.131 e. The van der Waals surface area contributed by atoms with Gasteiger partial charge in [-0.2, -0.15) is 5.10 Å². The second kappa shape index (κ2) is 6.17. The highest BCUT2D eigenvalue weighted by molar-refractivity contribution is 6.30. The van der Waals surface area contributed by atoms with Gasteiger partial charge in [0.05, 0.1) is 11.4 Å². The predicted octanol–water partition coefficient (Wildman–Crippen LogP) is 2.80. The number of hydrogen-bond acceptors (Lipinski definition) is 3. The molecule has 0 spiro atoms. The molecule has 2 aromatic heterocycles. The lowest BCUT2D eigenvalue weighted by atomic mass is 10.2. The minimum atomic E-state index is 0.719. The first kappa shape index (κ1) is 14.0. The van der Waals surface area contributed by atoms with E-state index in [0.717, 1.165) is 41.7 Å². The van der Waals surface area contributed by atoms with Crippen molar-refractivity contribution in [3.63, 3.8) is 0 Å². The number of nitrogens with zero attached hydrogens (tertiary/aromatic N) is 4. The van der Waals surface area contributed by atoms with Gasteiger partial charge in [-0.25, -0.2) is 0 Å². The maximum Gasteiger partial charge on any atom is 0.131 e. The van der Waals surface area contributed by atoms with Crippen LogP contribution in [0.25, 0.3) is 0 Å². The predicted molar refractivity (Wildman–Crippen MR) is 77.0 cm³/mol. The van der Waals surface area contributed by atoms with E-state index in [1.165, 1.54) is 0 Å². The zero-order chi connectivity index (χ0) is 13.8. The SMILES string of the molecule is CCN(Cc1ccccn1)Cc1c(C)nn(C)c1Cl. The van der Waals surface area contributed by atoms with Crippen molar-refractivity contribution in [3.8, 4) is 0 Å². The van der Waals surface area contributed by atoms with Gasteiger partial charge in [0.25, 0.3) is 0 Å². The van der Waals surface area contributed by atoms with Crippen LogP contribution in [0.1, 0.15) is 23.9 Å². The van der Waals surface area contributed by atoms with Crippen molar-refractivity contribution in [2.45, 2.75) is 26.9 Å². The van der Waals surface area contributed by atoms with E-state index < -0.39 is 0 Å². The van der Waals surface area contributed by atoms with Gasteiger partial charge in [-0.1, -0.05) is 24.6 Å². The molecule has 0 atom stereocenters. The number of pyridine rings is 1. The zero-order valence-electron chi connectivity index (χ0n) is 11.6. The van der Waals surface area contributed by atoms with Crippen LogP contribution in [0, 0.1) is 6.92 Å². The molecule has 102 valence electrons. The Kier molecular flexibility index (Phi) is 4.56. The van der Waals surface area contributed by atoms with Crippen LogP contribution in [-0.4, -0.2) is 26.2 Å². The van der Waals surface area contributed by atoms with Gasteiger partial charge in [-0.05, 0) is 25.6 Å². The van der Waals surface area contributed by atoms with Gasteiger partial charge in [-0.15, -0.1) is 0 Å². The first-order valence-corrected chi connectivity index (χ1v) is 6.79. The highest BCUT2D eigenvalue weighted by Gasteiger charge is 2.14. The van der Waals surface area contributed by atoms with Crippen LogP contribution in [0.4, 0.5) is 0 Å². The number of halogens is 1. The highest BCUT2D eigenvalue weighted by atomic mass is 35.5. The molecule has 2 heterocycles. The Morgan fingerprint density at radius 3 is 2.63 bits per heavy atom. The quantitative estimate of drug-likeness (QED) is 0.843. The number of rotatable bonds is 5. The molecule has 19 heavy (non-hydrogen) atoms. The molecule has 0 saturated carbocycles. The van der Waals surface area contributed by atoms with Crippen LogP contribution in [0.15, 0.2) is 24.4 Å². The van der Waals surface area contributed by atoms with Gasteiger partial charge >= 0.3 is 0 Å². The second-order valence-corrected chi connectivity index (χ2v) is 4.96. The molecule has 0 fully saturated rings. The lowest BCUT2D eigenvalue weighted by molar-refractivity contribution is 0.267. The summed E-state index contributed by atoms with van der Waals surface area (Å²) in [5, 5.41) is 5.07. The summed E-state index contributed by atoms with van der Waals surface area (Å²) in [4.78, 5) is 6.67. The second-order valence-electron chi connectivity index (χ2n) is 4.60. The van der Waals surface area contributed by atoms with Crippen molar-refractivity contribution in [1.29, 1.82) is 0 Å². The average molecular weight is 279 g/mol. The van der Waals surface area contributed by atoms with Crippen molar-refractivity contribution >= 4 is 11.6 Å². The molecule has 0 aliphatic carbocycles. The van der Waals surface area contributed by atoms with E-state index in [4.69, 9.17) is 11.6 Å². The Morgan fingerprint density at radius 1 is 1.32 bits per heavy atom. The first-order valence-electron chi connectivity index (χ1n) is 6.42. The molecule has 0 amide bonds. The minimum Gasteiger partial charge on any atom is -0.293 e. The summed E-state index contributed by atoms with van der Waals surface area (Å²) in [6, 6.07) is 5.99. The van der Waals surface area contributed by atoms with Gasteiger partial charge < -0.3 is 0 Å². The van der Waals surface area contributed by atoms with Crippen LogP contribution in [-0.2, 0) is 20.1 Å². The number of aryl methyl sites for hydroxylation is 2. The third-order valence-corrected chi connectivity index (χ3v) is 3.68. The van der Waals surface area contributed by atoms with Crippen molar-refractivity contribution < 1.29 is 0 Å². The molecule has 0 bridgehead atoms. The third kappa shape index (κ3) is 3.33. The standard InChI is InChI=1S/C14H19ClN4/c1-4-19(9-12-7-5-6-8-16-12)10-13-11(2)17-18(3)14(13)15/h5-8H,4,9-10H2,1-3H3. The largest absolute Gasteiger partial charge is 0.293 e. The molecular formula is C14H19ClN4. The van der Waals surface area contributed by atoms with E-state index in [1.54, 1.807) is 4.68 Å². The van der Waals surface area contributed by atoms with E-state index in [1.807, 2.05) is 38.4 Å². The molecule has 0 aliphatic heterocycles. The lowest BCUT2D eigenvalue weighted by Gasteiger charge is -2.19. The van der Waals surface area contributed by atoms with Crippen molar-refractivity contribution in [3.05, 3.63) is 46.5 Å². The summed E-state index contributed by atoms with van der Waals surface area (Å²) in [6.45, 7) is 6.70. The van der Waals surface area contributed by atoms with Crippen LogP contribution < -0.4 is 0 Å². The summed E-state index contributed by atoms with van der Waals surface area (Å²) in [5.74, 6) is 0. The summed E-state index contributed by atoms with van der Waals surface area (Å²) in [5.41, 5.74) is 3.16. The van der Waals surface area contributed by atoms with E-state index in [2.05, 4.69) is 21.9 Å². The van der Waals surface area contributed by atoms with Gasteiger partial charge in [0, 0.05) is 31.9 Å². The summed E-state index contributed by atoms with van der Waals surface area (Å²) < 4.78 is 1.72. The molecule has 5 heteroatoms. The average Bonchev–Trinajstić information content (AvgIpc) is 2.65. The third-order valence-electron chi connectivity index (χ3n) is 3.21. The lowest BCUT2D eigenvalue weighted by Crippen LogP contribution is -2.23. The van der Waals surface area contributed by atoms with Crippen LogP contribution in [0.2, 0.25) is 5.15 Å². The monoisotopic (exact) mass is 278 g/mol. The molecule has 0 radical (unpaired) electrons. The fourth-order valence-electron chi connectivity index (χ4n) is 2.08. The Labute approximate surface area is 119 Å². The van der Waals surface area contributed by atoms with Gasteiger partial charge in [0.2, 0.25) is 0 Å². The first-order chi connectivity index (χ1) is 9.11. The molecule has 0 aliphatic rings. The Balaban J connectivity index is 2.11. The van der Waals surface area contributed by atoms with Gasteiger partial charge in [-0.3, -0.25) is 14.6 Å². The fraction of sp³-hybridized carbons (Fsp3) is 0.429. The maximum atomic E-state index is 6.28. The Hall–Kier alpha value is -1.39. The molecule has 0 unspecified atom stereocenters. The molecule has 4 nitrogen and oxygen atoms in total. The molecule has 0 aromatic carbocycles. The highest BCUT2D eigenvalue weighted by Crippen LogP contribution is 2.21. The maximum absolute atomic E-state index is 6.28. The van der Waals surface area contributed by atoms with Crippen molar-refractivity contribution in [2.24, 2.45) is 7.05 Å². The fourth-order valence-corrected chi connectivity index (χ4v) is 2.31. The van der Waals surface area contributed by atoms with Gasteiger partial charge in [0.1, 0.15) is 5.15 Å². The normalized spacial score (nSPS) is 11.2. The Morgan fingerprint density at radius 2 is 2.11 bits per heavy atom. The molecule has 0 saturated heterocycles. The molecule has 2 rings (SSSR count). The van der Waals surface area contributed by atoms with Crippen LogP contribution >= 0.6 is 11.6 Å². The van der Waals surface area contributed by atoms with Crippen LogP contribution in [0.5, 0.6) is 0 Å². The minimum absolute atomic E-state index is 0.719. The van der Waals surface area contributed by atoms with E-state index in [9.17, 15) is 0 Å². The summed E-state index contributed by atoms with van der Waals surface area (Å²) >= 11 is 6.28. The molecule has 2 aromatic rings. The van der Waals surface area contributed by atoms with Crippen molar-refractivity contribution in [2.75, 3.05) is 6.54 Å². The molecule has 0 N–H and O–H groups in total.